The zero-order chi connectivity index (χ0) is 12.4. The molecule has 0 radical (unpaired) electrons. The lowest BCUT2D eigenvalue weighted by Gasteiger charge is -2.17. The van der Waals surface area contributed by atoms with Crippen molar-refractivity contribution in [2.75, 3.05) is 24.3 Å². The van der Waals surface area contributed by atoms with Crippen LogP contribution in [-0.2, 0) is 6.42 Å². The number of thioether (sulfide) groups is 2. The van der Waals surface area contributed by atoms with E-state index in [0.717, 1.165) is 29.8 Å². The molecule has 3 rings (SSSR count). The van der Waals surface area contributed by atoms with Gasteiger partial charge in [-0.3, -0.25) is 0 Å². The normalized spacial score (nSPS) is 26.2. The molecule has 0 aromatic carbocycles. The van der Waals surface area contributed by atoms with Gasteiger partial charge in [0.15, 0.2) is 5.82 Å². The van der Waals surface area contributed by atoms with Crippen molar-refractivity contribution in [3.8, 4) is 0 Å². The molecule has 6 heteroatoms. The Balaban J connectivity index is 1.61. The zero-order valence-corrected chi connectivity index (χ0v) is 12.2. The van der Waals surface area contributed by atoms with Crippen LogP contribution in [0.4, 0.5) is 0 Å². The Hall–Kier alpha value is -0.200. The van der Waals surface area contributed by atoms with Gasteiger partial charge in [-0.2, -0.15) is 16.7 Å². The standard InChI is InChI=1S/C12H19N3OS2/c1-13-9(8-2-3-8)6-11-14-12(15-16-11)10-7-17-4-5-18-10/h8-10,13H,2-7H2,1H3. The molecule has 1 N–H and O–H groups in total. The minimum atomic E-state index is 0.426. The van der Waals surface area contributed by atoms with Gasteiger partial charge in [-0.05, 0) is 25.8 Å². The van der Waals surface area contributed by atoms with Crippen LogP contribution in [0.2, 0.25) is 0 Å². The van der Waals surface area contributed by atoms with E-state index in [-0.39, 0.29) is 0 Å². The van der Waals surface area contributed by atoms with Crippen LogP contribution in [0, 0.1) is 5.92 Å². The highest BCUT2D eigenvalue weighted by molar-refractivity contribution is 8.06. The molecule has 4 nitrogen and oxygen atoms in total. The SMILES string of the molecule is CNC(Cc1nc(C2CSCCS2)no1)C1CC1. The summed E-state index contributed by atoms with van der Waals surface area (Å²) < 4.78 is 5.40. The Morgan fingerprint density at radius 2 is 2.33 bits per heavy atom. The summed E-state index contributed by atoms with van der Waals surface area (Å²) in [5.74, 6) is 6.06. The van der Waals surface area contributed by atoms with Crippen molar-refractivity contribution >= 4 is 23.5 Å². The summed E-state index contributed by atoms with van der Waals surface area (Å²) in [5.41, 5.74) is 0. The summed E-state index contributed by atoms with van der Waals surface area (Å²) in [6, 6.07) is 0.506. The molecule has 1 aliphatic heterocycles. The molecule has 0 amide bonds. The maximum Gasteiger partial charge on any atom is 0.228 e. The van der Waals surface area contributed by atoms with Crippen molar-refractivity contribution in [2.24, 2.45) is 5.92 Å². The van der Waals surface area contributed by atoms with Gasteiger partial charge in [0, 0.05) is 29.7 Å². The fourth-order valence-electron chi connectivity index (χ4n) is 2.31. The predicted molar refractivity (Wildman–Crippen MR) is 76.1 cm³/mol. The van der Waals surface area contributed by atoms with Crippen LogP contribution in [0.5, 0.6) is 0 Å². The monoisotopic (exact) mass is 285 g/mol. The molecule has 1 saturated carbocycles. The molecule has 0 bridgehead atoms. The molecule has 1 aromatic heterocycles. The van der Waals surface area contributed by atoms with Crippen molar-refractivity contribution in [2.45, 2.75) is 30.6 Å². The van der Waals surface area contributed by atoms with E-state index >= 15 is 0 Å². The van der Waals surface area contributed by atoms with E-state index in [9.17, 15) is 0 Å². The lowest BCUT2D eigenvalue weighted by atomic mass is 10.1. The third-order valence-electron chi connectivity index (χ3n) is 3.54. The minimum absolute atomic E-state index is 0.426. The summed E-state index contributed by atoms with van der Waals surface area (Å²) in [6.45, 7) is 0. The van der Waals surface area contributed by atoms with Gasteiger partial charge in [-0.15, -0.1) is 11.8 Å². The van der Waals surface area contributed by atoms with E-state index in [4.69, 9.17) is 4.52 Å². The predicted octanol–water partition coefficient (Wildman–Crippen LogP) is 2.13. The summed E-state index contributed by atoms with van der Waals surface area (Å²) in [5, 5.41) is 7.95. The second kappa shape index (κ2) is 5.84. The third kappa shape index (κ3) is 3.03. The smallest absolute Gasteiger partial charge is 0.228 e. The minimum Gasteiger partial charge on any atom is -0.339 e. The zero-order valence-electron chi connectivity index (χ0n) is 10.6. The molecule has 2 aliphatic rings. The fraction of sp³-hybridized carbons (Fsp3) is 0.833. The van der Waals surface area contributed by atoms with Crippen LogP contribution in [-0.4, -0.2) is 40.5 Å². The highest BCUT2D eigenvalue weighted by Crippen LogP contribution is 2.36. The molecular formula is C12H19N3OS2. The first-order valence-electron chi connectivity index (χ1n) is 6.56. The first kappa shape index (κ1) is 12.8. The summed E-state index contributed by atoms with van der Waals surface area (Å²) >= 11 is 3.94. The molecular weight excluding hydrogens is 266 g/mol. The van der Waals surface area contributed by atoms with Crippen molar-refractivity contribution in [3.63, 3.8) is 0 Å². The summed E-state index contributed by atoms with van der Waals surface area (Å²) in [7, 11) is 2.02. The van der Waals surface area contributed by atoms with Crippen LogP contribution in [0.1, 0.15) is 29.8 Å². The van der Waals surface area contributed by atoms with E-state index in [1.54, 1.807) is 0 Å². The van der Waals surface area contributed by atoms with Crippen molar-refractivity contribution in [1.29, 1.82) is 0 Å². The number of rotatable bonds is 5. The van der Waals surface area contributed by atoms with Gasteiger partial charge >= 0.3 is 0 Å². The quantitative estimate of drug-likeness (QED) is 0.894. The van der Waals surface area contributed by atoms with Gasteiger partial charge in [0.1, 0.15) is 0 Å². The largest absolute Gasteiger partial charge is 0.339 e. The van der Waals surface area contributed by atoms with Crippen LogP contribution < -0.4 is 5.32 Å². The maximum absolute atomic E-state index is 5.40. The topological polar surface area (TPSA) is 51.0 Å². The Morgan fingerprint density at radius 1 is 1.44 bits per heavy atom. The van der Waals surface area contributed by atoms with Crippen molar-refractivity contribution in [3.05, 3.63) is 11.7 Å². The lowest BCUT2D eigenvalue weighted by Crippen LogP contribution is -2.29. The van der Waals surface area contributed by atoms with Crippen LogP contribution in [0.25, 0.3) is 0 Å². The van der Waals surface area contributed by atoms with E-state index in [2.05, 4.69) is 15.5 Å². The third-order valence-corrected chi connectivity index (χ3v) is 6.30. The average Bonchev–Trinajstić information content (AvgIpc) is 3.16. The number of nitrogens with zero attached hydrogens (tertiary/aromatic N) is 2. The molecule has 1 aliphatic carbocycles. The second-order valence-electron chi connectivity index (χ2n) is 4.92. The molecule has 1 aromatic rings. The lowest BCUT2D eigenvalue weighted by molar-refractivity contribution is 0.349. The van der Waals surface area contributed by atoms with E-state index in [0.29, 0.717) is 11.3 Å². The summed E-state index contributed by atoms with van der Waals surface area (Å²) in [6.07, 6.45) is 3.54. The summed E-state index contributed by atoms with van der Waals surface area (Å²) in [4.78, 5) is 4.58. The number of hydrogen-bond donors (Lipinski definition) is 1. The Bertz CT molecular complexity index is 388. The number of hydrogen-bond acceptors (Lipinski definition) is 6. The molecule has 100 valence electrons. The van der Waals surface area contributed by atoms with Gasteiger partial charge in [0.25, 0.3) is 0 Å². The maximum atomic E-state index is 5.40. The Morgan fingerprint density at radius 3 is 3.00 bits per heavy atom. The van der Waals surface area contributed by atoms with E-state index in [1.165, 1.54) is 24.3 Å². The van der Waals surface area contributed by atoms with Gasteiger partial charge < -0.3 is 9.84 Å². The highest BCUT2D eigenvalue weighted by Gasteiger charge is 2.32. The molecule has 1 saturated heterocycles. The number of aromatic nitrogens is 2. The van der Waals surface area contributed by atoms with Gasteiger partial charge in [-0.1, -0.05) is 5.16 Å². The highest BCUT2D eigenvalue weighted by atomic mass is 32.2. The van der Waals surface area contributed by atoms with Crippen LogP contribution >= 0.6 is 23.5 Å². The van der Waals surface area contributed by atoms with E-state index < -0.39 is 0 Å². The molecule has 2 fully saturated rings. The van der Waals surface area contributed by atoms with Crippen LogP contribution in [0.15, 0.2) is 4.52 Å². The van der Waals surface area contributed by atoms with Crippen molar-refractivity contribution < 1.29 is 4.52 Å². The average molecular weight is 285 g/mol. The van der Waals surface area contributed by atoms with Gasteiger partial charge in [0.05, 0.1) is 5.25 Å². The Kier molecular flexibility index (Phi) is 4.16. The van der Waals surface area contributed by atoms with Crippen LogP contribution in [0.3, 0.4) is 0 Å². The molecule has 2 heterocycles. The molecule has 0 spiro atoms. The van der Waals surface area contributed by atoms with Gasteiger partial charge in [0.2, 0.25) is 5.89 Å². The fourth-order valence-corrected chi connectivity index (χ4v) is 4.90. The molecule has 18 heavy (non-hydrogen) atoms. The van der Waals surface area contributed by atoms with Gasteiger partial charge in [-0.25, -0.2) is 0 Å². The molecule has 2 unspecified atom stereocenters. The first-order chi connectivity index (χ1) is 8.86. The second-order valence-corrected chi connectivity index (χ2v) is 7.38. The number of likely N-dealkylation sites (N-methyl/N-ethyl adjacent to an activating group) is 1. The van der Waals surface area contributed by atoms with Crippen molar-refractivity contribution in [1.82, 2.24) is 15.5 Å². The van der Waals surface area contributed by atoms with E-state index in [1.807, 2.05) is 30.6 Å². The number of nitrogens with one attached hydrogen (secondary N) is 1. The molecule has 2 atom stereocenters. The first-order valence-corrected chi connectivity index (χ1v) is 8.76. The Labute approximate surface area is 116 Å².